The van der Waals surface area contributed by atoms with E-state index in [1.54, 1.807) is 6.20 Å². The van der Waals surface area contributed by atoms with E-state index >= 15 is 0 Å². The number of nitrogens with one attached hydrogen (secondary N) is 1. The van der Waals surface area contributed by atoms with Crippen molar-refractivity contribution in [2.24, 2.45) is 0 Å². The molecule has 54 valence electrons. The predicted octanol–water partition coefficient (Wildman–Crippen LogP) is 1.41. The van der Waals surface area contributed by atoms with Crippen LogP contribution in [0.5, 0.6) is 0 Å². The molecule has 1 atom stereocenters. The van der Waals surface area contributed by atoms with E-state index in [0.717, 1.165) is 5.70 Å². The minimum absolute atomic E-state index is 0.192. The SMILES string of the molecule is C=CC1NC(C)=CN1C=C. The molecule has 1 unspecified atom stereocenters. The Morgan fingerprint density at radius 2 is 2.40 bits per heavy atom. The zero-order chi connectivity index (χ0) is 7.56. The van der Waals surface area contributed by atoms with Gasteiger partial charge in [-0.1, -0.05) is 13.2 Å². The zero-order valence-electron chi connectivity index (χ0n) is 6.17. The van der Waals surface area contributed by atoms with E-state index < -0.39 is 0 Å². The molecule has 1 heterocycles. The molecule has 0 fully saturated rings. The molecular weight excluding hydrogens is 124 g/mol. The molecule has 0 radical (unpaired) electrons. The van der Waals surface area contributed by atoms with Crippen molar-refractivity contribution in [3.8, 4) is 0 Å². The monoisotopic (exact) mass is 136 g/mol. The summed E-state index contributed by atoms with van der Waals surface area (Å²) >= 11 is 0. The van der Waals surface area contributed by atoms with Gasteiger partial charge in [0.1, 0.15) is 6.17 Å². The van der Waals surface area contributed by atoms with Gasteiger partial charge < -0.3 is 10.2 Å². The lowest BCUT2D eigenvalue weighted by Crippen LogP contribution is -2.29. The minimum Gasteiger partial charge on any atom is -0.364 e. The first kappa shape index (κ1) is 6.93. The van der Waals surface area contributed by atoms with Crippen molar-refractivity contribution in [1.82, 2.24) is 10.2 Å². The van der Waals surface area contributed by atoms with Gasteiger partial charge in [-0.05, 0) is 19.2 Å². The van der Waals surface area contributed by atoms with Crippen LogP contribution in [0.15, 0.2) is 37.3 Å². The molecule has 1 rings (SSSR count). The Morgan fingerprint density at radius 1 is 1.70 bits per heavy atom. The van der Waals surface area contributed by atoms with Crippen molar-refractivity contribution < 1.29 is 0 Å². The Kier molecular flexibility index (Phi) is 1.81. The normalized spacial score (nSPS) is 23.5. The second-order valence-corrected chi connectivity index (χ2v) is 2.27. The smallest absolute Gasteiger partial charge is 0.121 e. The number of hydrogen-bond donors (Lipinski definition) is 1. The Morgan fingerprint density at radius 3 is 2.80 bits per heavy atom. The van der Waals surface area contributed by atoms with E-state index in [1.165, 1.54) is 0 Å². The van der Waals surface area contributed by atoms with E-state index in [2.05, 4.69) is 18.5 Å². The lowest BCUT2D eigenvalue weighted by molar-refractivity contribution is 0.431. The summed E-state index contributed by atoms with van der Waals surface area (Å²) in [6.45, 7) is 9.37. The summed E-state index contributed by atoms with van der Waals surface area (Å²) in [6, 6.07) is 0. The predicted molar refractivity (Wildman–Crippen MR) is 42.9 cm³/mol. The van der Waals surface area contributed by atoms with Crippen LogP contribution in [0.4, 0.5) is 0 Å². The average molecular weight is 136 g/mol. The van der Waals surface area contributed by atoms with Gasteiger partial charge in [0, 0.05) is 11.9 Å². The summed E-state index contributed by atoms with van der Waals surface area (Å²) in [5.74, 6) is 0. The topological polar surface area (TPSA) is 15.3 Å². The van der Waals surface area contributed by atoms with Crippen molar-refractivity contribution >= 4 is 0 Å². The summed E-state index contributed by atoms with van der Waals surface area (Å²) in [7, 11) is 0. The van der Waals surface area contributed by atoms with Crippen LogP contribution in [-0.4, -0.2) is 11.1 Å². The molecule has 0 spiro atoms. The molecule has 0 amide bonds. The Balaban J connectivity index is 2.68. The maximum atomic E-state index is 3.69. The summed E-state index contributed by atoms with van der Waals surface area (Å²) in [4.78, 5) is 1.97. The third kappa shape index (κ3) is 1.05. The molecule has 0 aromatic rings. The van der Waals surface area contributed by atoms with Gasteiger partial charge in [0.15, 0.2) is 0 Å². The number of rotatable bonds is 2. The molecule has 1 aliphatic heterocycles. The first-order chi connectivity index (χ1) is 4.77. The van der Waals surface area contributed by atoms with Crippen LogP contribution in [0.3, 0.4) is 0 Å². The minimum atomic E-state index is 0.192. The Labute approximate surface area is 61.5 Å². The third-order valence-corrected chi connectivity index (χ3v) is 1.47. The van der Waals surface area contributed by atoms with Gasteiger partial charge in [0.25, 0.3) is 0 Å². The fraction of sp³-hybridized carbons (Fsp3) is 0.250. The summed E-state index contributed by atoms with van der Waals surface area (Å²) in [5.41, 5.74) is 1.14. The van der Waals surface area contributed by atoms with E-state index in [1.807, 2.05) is 24.1 Å². The van der Waals surface area contributed by atoms with Gasteiger partial charge in [-0.3, -0.25) is 0 Å². The molecule has 0 aliphatic carbocycles. The van der Waals surface area contributed by atoms with E-state index in [-0.39, 0.29) is 6.17 Å². The molecule has 0 saturated carbocycles. The third-order valence-electron chi connectivity index (χ3n) is 1.47. The van der Waals surface area contributed by atoms with Crippen molar-refractivity contribution in [3.05, 3.63) is 37.3 Å². The standard InChI is InChI=1S/C8H12N2/c1-4-8-9-7(3)6-10(8)5-2/h4-6,8-9H,1-2H2,3H3. The molecule has 0 bridgehead atoms. The molecule has 0 aromatic heterocycles. The second-order valence-electron chi connectivity index (χ2n) is 2.27. The molecule has 0 aromatic carbocycles. The van der Waals surface area contributed by atoms with Crippen LogP contribution in [0.1, 0.15) is 6.92 Å². The van der Waals surface area contributed by atoms with E-state index in [0.29, 0.717) is 0 Å². The van der Waals surface area contributed by atoms with Crippen LogP contribution in [0, 0.1) is 0 Å². The summed E-state index contributed by atoms with van der Waals surface area (Å²) in [5, 5.41) is 3.20. The first-order valence-corrected chi connectivity index (χ1v) is 3.25. The Hall–Kier alpha value is -1.18. The fourth-order valence-corrected chi connectivity index (χ4v) is 0.996. The van der Waals surface area contributed by atoms with E-state index in [4.69, 9.17) is 0 Å². The average Bonchev–Trinajstić information content (AvgIpc) is 2.30. The van der Waals surface area contributed by atoms with Crippen molar-refractivity contribution in [2.75, 3.05) is 0 Å². The number of nitrogens with zero attached hydrogens (tertiary/aromatic N) is 1. The number of hydrogen-bond acceptors (Lipinski definition) is 2. The molecular formula is C8H12N2. The van der Waals surface area contributed by atoms with Gasteiger partial charge in [-0.15, -0.1) is 0 Å². The maximum absolute atomic E-state index is 3.69. The molecule has 0 saturated heterocycles. The van der Waals surface area contributed by atoms with Crippen LogP contribution < -0.4 is 5.32 Å². The molecule has 10 heavy (non-hydrogen) atoms. The van der Waals surface area contributed by atoms with Crippen LogP contribution in [0.25, 0.3) is 0 Å². The van der Waals surface area contributed by atoms with Crippen molar-refractivity contribution in [1.29, 1.82) is 0 Å². The highest BCUT2D eigenvalue weighted by Gasteiger charge is 2.14. The molecule has 2 heteroatoms. The van der Waals surface area contributed by atoms with Crippen molar-refractivity contribution in [2.45, 2.75) is 13.1 Å². The number of allylic oxidation sites excluding steroid dienone is 1. The zero-order valence-corrected chi connectivity index (χ0v) is 6.17. The van der Waals surface area contributed by atoms with Gasteiger partial charge in [0.05, 0.1) is 0 Å². The fourth-order valence-electron chi connectivity index (χ4n) is 0.996. The van der Waals surface area contributed by atoms with E-state index in [9.17, 15) is 0 Å². The van der Waals surface area contributed by atoms with Gasteiger partial charge in [-0.25, -0.2) is 0 Å². The molecule has 1 aliphatic rings. The maximum Gasteiger partial charge on any atom is 0.121 e. The van der Waals surface area contributed by atoms with Crippen LogP contribution in [0.2, 0.25) is 0 Å². The first-order valence-electron chi connectivity index (χ1n) is 3.25. The van der Waals surface area contributed by atoms with Gasteiger partial charge in [0.2, 0.25) is 0 Å². The lowest BCUT2D eigenvalue weighted by atomic mass is 10.4. The lowest BCUT2D eigenvalue weighted by Gasteiger charge is -2.17. The second kappa shape index (κ2) is 2.60. The van der Waals surface area contributed by atoms with Gasteiger partial charge in [-0.2, -0.15) is 0 Å². The van der Waals surface area contributed by atoms with Crippen LogP contribution in [-0.2, 0) is 0 Å². The highest BCUT2D eigenvalue weighted by Crippen LogP contribution is 2.10. The summed E-state index contributed by atoms with van der Waals surface area (Å²) in [6.07, 6.45) is 5.81. The Bertz CT molecular complexity index is 182. The highest BCUT2D eigenvalue weighted by atomic mass is 15.3. The summed E-state index contributed by atoms with van der Waals surface area (Å²) < 4.78 is 0. The van der Waals surface area contributed by atoms with Crippen LogP contribution >= 0.6 is 0 Å². The van der Waals surface area contributed by atoms with Crippen molar-refractivity contribution in [3.63, 3.8) is 0 Å². The quantitative estimate of drug-likeness (QED) is 0.577. The molecule has 1 N–H and O–H groups in total. The highest BCUT2D eigenvalue weighted by molar-refractivity contribution is 5.12. The van der Waals surface area contributed by atoms with Gasteiger partial charge >= 0.3 is 0 Å². The molecule has 2 nitrogen and oxygen atoms in total. The largest absolute Gasteiger partial charge is 0.364 e.